The van der Waals surface area contributed by atoms with Crippen molar-refractivity contribution < 1.29 is 23.0 Å². The second-order valence-corrected chi connectivity index (χ2v) is 7.98. The lowest BCUT2D eigenvalue weighted by molar-refractivity contribution is -0.171. The lowest BCUT2D eigenvalue weighted by Gasteiger charge is -2.22. The van der Waals surface area contributed by atoms with Gasteiger partial charge in [-0.15, -0.1) is 0 Å². The number of aliphatic hydroxyl groups excluding tert-OH is 1. The summed E-state index contributed by atoms with van der Waals surface area (Å²) in [6, 6.07) is 7.95. The van der Waals surface area contributed by atoms with Crippen molar-refractivity contribution in [3.05, 3.63) is 47.5 Å². The number of benzene rings is 1. The van der Waals surface area contributed by atoms with Crippen LogP contribution in [0.2, 0.25) is 0 Å². The third kappa shape index (κ3) is 10.1. The van der Waals surface area contributed by atoms with E-state index in [2.05, 4.69) is 48.0 Å². The Morgan fingerprint density at radius 1 is 1.21 bits per heavy atom. The molecule has 4 nitrogen and oxygen atoms in total. The zero-order chi connectivity index (χ0) is 22.1. The monoisotopic (exact) mass is 414 g/mol. The van der Waals surface area contributed by atoms with E-state index < -0.39 is 19.0 Å². The van der Waals surface area contributed by atoms with E-state index in [9.17, 15) is 18.3 Å². The van der Waals surface area contributed by atoms with E-state index in [-0.39, 0.29) is 18.1 Å². The van der Waals surface area contributed by atoms with Crippen molar-refractivity contribution in [2.24, 2.45) is 4.99 Å². The number of hydrogen-bond donors (Lipinski definition) is 2. The van der Waals surface area contributed by atoms with Crippen LogP contribution in [0.1, 0.15) is 45.2 Å². The molecule has 1 aromatic carbocycles. The predicted molar refractivity (Wildman–Crippen MR) is 111 cm³/mol. The third-order valence-corrected chi connectivity index (χ3v) is 4.43. The summed E-state index contributed by atoms with van der Waals surface area (Å²) in [5.74, 6) is 0. The second kappa shape index (κ2) is 11.5. The van der Waals surface area contributed by atoms with Crippen LogP contribution < -0.4 is 5.32 Å². The fourth-order valence-corrected chi connectivity index (χ4v) is 2.83. The molecule has 2 atom stereocenters. The molecule has 1 aromatic rings. The molecule has 0 aliphatic carbocycles. The Labute approximate surface area is 171 Å². The minimum atomic E-state index is -4.34. The number of halogens is 3. The quantitative estimate of drug-likeness (QED) is 0.339. The Hall–Kier alpha value is -1.70. The van der Waals surface area contributed by atoms with Gasteiger partial charge < -0.3 is 9.84 Å². The predicted octanol–water partition coefficient (Wildman–Crippen LogP) is 4.42. The van der Waals surface area contributed by atoms with Gasteiger partial charge in [0.2, 0.25) is 0 Å². The number of alkyl halides is 3. The molecule has 2 N–H and O–H groups in total. The molecule has 29 heavy (non-hydrogen) atoms. The van der Waals surface area contributed by atoms with Crippen LogP contribution in [0.4, 0.5) is 13.2 Å². The first kappa shape index (κ1) is 25.3. The molecule has 0 aliphatic rings. The van der Waals surface area contributed by atoms with Gasteiger partial charge in [-0.2, -0.15) is 13.2 Å². The molecule has 0 fully saturated rings. The summed E-state index contributed by atoms with van der Waals surface area (Å²) in [7, 11) is 1.61. The lowest BCUT2D eigenvalue weighted by Crippen LogP contribution is -2.43. The van der Waals surface area contributed by atoms with E-state index in [0.717, 1.165) is 5.56 Å². The fourth-order valence-electron chi connectivity index (χ4n) is 2.83. The maximum atomic E-state index is 12.1. The van der Waals surface area contributed by atoms with Crippen molar-refractivity contribution in [3.63, 3.8) is 0 Å². The molecule has 2 unspecified atom stereocenters. The van der Waals surface area contributed by atoms with Gasteiger partial charge in [0.25, 0.3) is 0 Å². The zero-order valence-corrected chi connectivity index (χ0v) is 17.9. The average Bonchev–Trinajstić information content (AvgIpc) is 2.62. The van der Waals surface area contributed by atoms with Gasteiger partial charge in [0, 0.05) is 13.5 Å². The first-order valence-electron chi connectivity index (χ1n) is 9.77. The molecule has 0 saturated carbocycles. The Balaban J connectivity index is 2.60. The number of ether oxygens (including phenoxy) is 1. The molecule has 0 aromatic heterocycles. The largest absolute Gasteiger partial charge is 0.411 e. The maximum Gasteiger partial charge on any atom is 0.411 e. The van der Waals surface area contributed by atoms with Crippen LogP contribution in [-0.4, -0.2) is 49.5 Å². The number of hydrogen-bond acceptors (Lipinski definition) is 4. The summed E-state index contributed by atoms with van der Waals surface area (Å²) in [4.78, 5) is 4.18. The SMILES string of the molecule is CCC(NC(O)Cc1ccc(C(C)(C)C)cc1)C(/C=C\COCC(F)(F)F)=NC. The summed E-state index contributed by atoms with van der Waals surface area (Å²) in [5, 5.41) is 13.6. The summed E-state index contributed by atoms with van der Waals surface area (Å²) in [6.45, 7) is 6.96. The summed E-state index contributed by atoms with van der Waals surface area (Å²) < 4.78 is 40.8. The van der Waals surface area contributed by atoms with Crippen molar-refractivity contribution >= 4 is 5.71 Å². The van der Waals surface area contributed by atoms with Gasteiger partial charge in [0.1, 0.15) is 12.8 Å². The molecule has 0 spiro atoms. The molecule has 7 heteroatoms. The van der Waals surface area contributed by atoms with Crippen molar-refractivity contribution in [2.45, 2.75) is 64.4 Å². The minimum Gasteiger partial charge on any atom is -0.378 e. The first-order chi connectivity index (χ1) is 13.5. The van der Waals surface area contributed by atoms with Crippen LogP contribution in [0.15, 0.2) is 41.4 Å². The number of aliphatic imine (C=N–C) groups is 1. The Kier molecular flexibility index (Phi) is 10.0. The van der Waals surface area contributed by atoms with Gasteiger partial charge >= 0.3 is 6.18 Å². The van der Waals surface area contributed by atoms with Crippen LogP contribution >= 0.6 is 0 Å². The topological polar surface area (TPSA) is 53.8 Å². The molecular weight excluding hydrogens is 381 g/mol. The summed E-state index contributed by atoms with van der Waals surface area (Å²) in [5.41, 5.74) is 2.96. The Morgan fingerprint density at radius 2 is 1.83 bits per heavy atom. The normalized spacial score (nSPS) is 15.7. The van der Waals surface area contributed by atoms with E-state index in [1.54, 1.807) is 13.1 Å². The van der Waals surface area contributed by atoms with Gasteiger partial charge in [-0.1, -0.05) is 58.0 Å². The fraction of sp³-hybridized carbons (Fsp3) is 0.591. The molecule has 0 radical (unpaired) electrons. The number of aliphatic hydroxyl groups is 1. The van der Waals surface area contributed by atoms with Crippen molar-refractivity contribution in [3.8, 4) is 0 Å². The Morgan fingerprint density at radius 3 is 2.31 bits per heavy atom. The molecule has 0 aliphatic heterocycles. The maximum absolute atomic E-state index is 12.1. The van der Waals surface area contributed by atoms with E-state index in [0.29, 0.717) is 18.6 Å². The van der Waals surface area contributed by atoms with E-state index in [4.69, 9.17) is 0 Å². The van der Waals surface area contributed by atoms with E-state index >= 15 is 0 Å². The molecule has 0 saturated heterocycles. The van der Waals surface area contributed by atoms with Gasteiger partial charge in [0.15, 0.2) is 0 Å². The summed E-state index contributed by atoms with van der Waals surface area (Å²) in [6.07, 6.45) is -0.875. The molecule has 0 amide bonds. The smallest absolute Gasteiger partial charge is 0.378 e. The van der Waals surface area contributed by atoms with Gasteiger partial charge in [-0.05, 0) is 29.0 Å². The van der Waals surface area contributed by atoms with Crippen LogP contribution in [0, 0.1) is 0 Å². The van der Waals surface area contributed by atoms with Crippen LogP contribution in [-0.2, 0) is 16.6 Å². The number of nitrogens with one attached hydrogen (secondary N) is 1. The molecule has 1 rings (SSSR count). The van der Waals surface area contributed by atoms with Crippen molar-refractivity contribution in [1.29, 1.82) is 0 Å². The van der Waals surface area contributed by atoms with Crippen LogP contribution in [0.3, 0.4) is 0 Å². The number of rotatable bonds is 10. The lowest BCUT2D eigenvalue weighted by atomic mass is 9.86. The minimum absolute atomic E-state index is 0.0747. The molecule has 164 valence electrons. The highest BCUT2D eigenvalue weighted by Crippen LogP contribution is 2.22. The van der Waals surface area contributed by atoms with Crippen LogP contribution in [0.25, 0.3) is 0 Å². The highest BCUT2D eigenvalue weighted by atomic mass is 19.4. The van der Waals surface area contributed by atoms with E-state index in [1.165, 1.54) is 11.6 Å². The molecule has 0 heterocycles. The van der Waals surface area contributed by atoms with Gasteiger partial charge in [-0.25, -0.2) is 0 Å². The molecule has 0 bridgehead atoms. The highest BCUT2D eigenvalue weighted by Gasteiger charge is 2.27. The number of nitrogens with zero attached hydrogens (tertiary/aromatic N) is 1. The van der Waals surface area contributed by atoms with Crippen LogP contribution in [0.5, 0.6) is 0 Å². The van der Waals surface area contributed by atoms with Gasteiger partial charge in [-0.3, -0.25) is 10.3 Å². The van der Waals surface area contributed by atoms with Crippen molar-refractivity contribution in [1.82, 2.24) is 5.32 Å². The first-order valence-corrected chi connectivity index (χ1v) is 9.77. The highest BCUT2D eigenvalue weighted by molar-refractivity contribution is 5.99. The third-order valence-electron chi connectivity index (χ3n) is 4.43. The standard InChI is InChI=1S/C22H33F3N2O2/c1-6-18(19(26-5)8-7-13-29-15-22(23,24)25)27-20(28)14-16-9-11-17(12-10-16)21(2,3)4/h7-12,18,20,27-28H,6,13-15H2,1-5H3/b8-7-,26-19?. The average molecular weight is 415 g/mol. The van der Waals surface area contributed by atoms with E-state index in [1.807, 2.05) is 19.1 Å². The second-order valence-electron chi connectivity index (χ2n) is 7.98. The Bertz CT molecular complexity index is 662. The van der Waals surface area contributed by atoms with Crippen molar-refractivity contribution in [2.75, 3.05) is 20.3 Å². The molecular formula is C22H33F3N2O2. The zero-order valence-electron chi connectivity index (χ0n) is 17.9. The summed E-state index contributed by atoms with van der Waals surface area (Å²) >= 11 is 0. The van der Waals surface area contributed by atoms with Gasteiger partial charge in [0.05, 0.1) is 18.4 Å².